The summed E-state index contributed by atoms with van der Waals surface area (Å²) >= 11 is 0. The Morgan fingerprint density at radius 2 is 2.03 bits per heavy atom. The highest BCUT2D eigenvalue weighted by atomic mass is 15.3. The van der Waals surface area contributed by atoms with E-state index in [1.165, 1.54) is 5.56 Å². The molecule has 6 nitrogen and oxygen atoms in total. The van der Waals surface area contributed by atoms with Crippen molar-refractivity contribution in [3.8, 4) is 0 Å². The molecule has 1 N–H and O–H groups in total. The molecule has 0 radical (unpaired) electrons. The monoisotopic (exact) mass is 394 g/mol. The van der Waals surface area contributed by atoms with Crippen LogP contribution in [0.25, 0.3) is 11.9 Å². The van der Waals surface area contributed by atoms with Crippen LogP contribution in [0.15, 0.2) is 37.7 Å². The molecular formula is C23H34N6. The van der Waals surface area contributed by atoms with E-state index in [0.717, 1.165) is 55.4 Å². The second-order valence-corrected chi connectivity index (χ2v) is 8.15. The van der Waals surface area contributed by atoms with Crippen LogP contribution in [0.2, 0.25) is 0 Å². The molecule has 3 rings (SSSR count). The zero-order chi connectivity index (χ0) is 21.0. The van der Waals surface area contributed by atoms with Crippen LogP contribution in [-0.2, 0) is 0 Å². The van der Waals surface area contributed by atoms with E-state index in [4.69, 9.17) is 4.98 Å². The lowest BCUT2D eigenvalue weighted by molar-refractivity contribution is 0.320. The molecular weight excluding hydrogens is 360 g/mol. The van der Waals surface area contributed by atoms with Gasteiger partial charge in [0.1, 0.15) is 11.6 Å². The Hall–Kier alpha value is -2.44. The number of nitrogens with zero attached hydrogens (tertiary/aromatic N) is 5. The fourth-order valence-electron chi connectivity index (χ4n) is 3.84. The topological polar surface area (TPSA) is 49.2 Å². The largest absolute Gasteiger partial charge is 0.360 e. The van der Waals surface area contributed by atoms with Gasteiger partial charge in [0.2, 0.25) is 0 Å². The van der Waals surface area contributed by atoms with Crippen LogP contribution in [0.3, 0.4) is 0 Å². The van der Waals surface area contributed by atoms with Gasteiger partial charge in [0.25, 0.3) is 0 Å². The van der Waals surface area contributed by atoms with Crippen LogP contribution >= 0.6 is 0 Å². The van der Waals surface area contributed by atoms with Gasteiger partial charge in [-0.3, -0.25) is 9.55 Å². The Bertz CT molecular complexity index is 853. The first-order valence-electron chi connectivity index (χ1n) is 10.3. The first kappa shape index (κ1) is 21.3. The third-order valence-electron chi connectivity index (χ3n) is 5.66. The second-order valence-electron chi connectivity index (χ2n) is 8.15. The average Bonchev–Trinajstić information content (AvgIpc) is 3.16. The van der Waals surface area contributed by atoms with E-state index in [1.807, 2.05) is 12.3 Å². The molecule has 0 saturated carbocycles. The van der Waals surface area contributed by atoms with E-state index in [1.54, 1.807) is 6.08 Å². The molecule has 29 heavy (non-hydrogen) atoms. The molecule has 0 amide bonds. The maximum Gasteiger partial charge on any atom is 0.138 e. The molecule has 0 spiro atoms. The number of hydrogen-bond donors (Lipinski definition) is 1. The van der Waals surface area contributed by atoms with E-state index < -0.39 is 0 Å². The number of aryl methyl sites for hydroxylation is 1. The van der Waals surface area contributed by atoms with Crippen molar-refractivity contribution in [2.45, 2.75) is 38.3 Å². The number of imidazole rings is 1. The molecule has 6 heteroatoms. The van der Waals surface area contributed by atoms with Gasteiger partial charge < -0.3 is 15.1 Å². The molecule has 0 bridgehead atoms. The number of nitrogens with one attached hydrogen (secondary N) is 1. The van der Waals surface area contributed by atoms with Crippen LogP contribution in [0, 0.1) is 6.92 Å². The van der Waals surface area contributed by atoms with Gasteiger partial charge in [-0.15, -0.1) is 0 Å². The normalized spacial score (nSPS) is 19.3. The Morgan fingerprint density at radius 1 is 1.28 bits per heavy atom. The number of pyridine rings is 1. The third-order valence-corrected chi connectivity index (χ3v) is 5.66. The van der Waals surface area contributed by atoms with Gasteiger partial charge in [0, 0.05) is 32.5 Å². The summed E-state index contributed by atoms with van der Waals surface area (Å²) in [6.07, 6.45) is 9.11. The molecule has 1 saturated heterocycles. The van der Waals surface area contributed by atoms with Crippen molar-refractivity contribution in [1.29, 1.82) is 0 Å². The van der Waals surface area contributed by atoms with Crippen molar-refractivity contribution in [3.05, 3.63) is 60.5 Å². The number of piperidine rings is 1. The van der Waals surface area contributed by atoms with Gasteiger partial charge in [0.15, 0.2) is 0 Å². The van der Waals surface area contributed by atoms with E-state index in [9.17, 15) is 0 Å². The highest BCUT2D eigenvalue weighted by Gasteiger charge is 2.27. The molecule has 1 aliphatic rings. The number of aromatic nitrogens is 3. The maximum absolute atomic E-state index is 4.87. The van der Waals surface area contributed by atoms with E-state index in [0.29, 0.717) is 0 Å². The molecule has 1 aliphatic heterocycles. The van der Waals surface area contributed by atoms with E-state index >= 15 is 0 Å². The van der Waals surface area contributed by atoms with Crippen LogP contribution < -0.4 is 5.32 Å². The third kappa shape index (κ3) is 4.95. The molecule has 156 valence electrons. The van der Waals surface area contributed by atoms with Gasteiger partial charge >= 0.3 is 0 Å². The highest BCUT2D eigenvalue weighted by Crippen LogP contribution is 2.33. The maximum atomic E-state index is 4.87. The highest BCUT2D eigenvalue weighted by molar-refractivity contribution is 5.50. The minimum Gasteiger partial charge on any atom is -0.360 e. The molecule has 2 aromatic rings. The van der Waals surface area contributed by atoms with Crippen LogP contribution in [-0.4, -0.2) is 58.6 Å². The first-order valence-corrected chi connectivity index (χ1v) is 10.3. The van der Waals surface area contributed by atoms with Crippen molar-refractivity contribution in [1.82, 2.24) is 29.7 Å². The summed E-state index contributed by atoms with van der Waals surface area (Å²) < 4.78 is 2.05. The summed E-state index contributed by atoms with van der Waals surface area (Å²) in [4.78, 5) is 13.8. The standard InChI is InChI=1S/C23H34N6/c1-7-22-26-21(16-29(22)18(3)28(6)15-14-27(4)5)19-11-8-12-20(25-19)23-17(2)10-9-13-24-23/h7,9-10,13,16,19-20,25H,1,3,8,11-12,14-15H2,2,4-6H3. The minimum absolute atomic E-state index is 0.204. The summed E-state index contributed by atoms with van der Waals surface area (Å²) in [5.41, 5.74) is 3.42. The predicted octanol–water partition coefficient (Wildman–Crippen LogP) is 3.71. The summed E-state index contributed by atoms with van der Waals surface area (Å²) in [5.74, 6) is 1.74. The Labute approximate surface area is 175 Å². The predicted molar refractivity (Wildman–Crippen MR) is 120 cm³/mol. The van der Waals surface area contributed by atoms with E-state index in [2.05, 4.69) is 78.2 Å². The minimum atomic E-state index is 0.204. The molecule has 3 heterocycles. The van der Waals surface area contributed by atoms with Crippen molar-refractivity contribution in [2.24, 2.45) is 0 Å². The lowest BCUT2D eigenvalue weighted by atomic mass is 9.93. The second kappa shape index (κ2) is 9.37. The number of likely N-dealkylation sites (N-methyl/N-ethyl adjacent to an activating group) is 2. The zero-order valence-corrected chi connectivity index (χ0v) is 18.2. The summed E-state index contributed by atoms with van der Waals surface area (Å²) in [6.45, 7) is 12.3. The lowest BCUT2D eigenvalue weighted by Crippen LogP contribution is -2.32. The van der Waals surface area contributed by atoms with Crippen LogP contribution in [0.4, 0.5) is 0 Å². The van der Waals surface area contributed by atoms with Gasteiger partial charge in [-0.05, 0) is 58.0 Å². The van der Waals surface area contributed by atoms with E-state index in [-0.39, 0.29) is 12.1 Å². The SMILES string of the molecule is C=Cc1nc(C2CCCC(c3ncccc3C)N2)cn1C(=C)N(C)CCN(C)C. The van der Waals surface area contributed by atoms with Crippen molar-refractivity contribution in [3.63, 3.8) is 0 Å². The fraction of sp³-hybridized carbons (Fsp3) is 0.478. The fourth-order valence-corrected chi connectivity index (χ4v) is 3.84. The van der Waals surface area contributed by atoms with Crippen molar-refractivity contribution in [2.75, 3.05) is 34.2 Å². The molecule has 2 atom stereocenters. The molecule has 1 fully saturated rings. The van der Waals surface area contributed by atoms with Crippen LogP contribution in [0.5, 0.6) is 0 Å². The molecule has 2 aromatic heterocycles. The molecule has 2 unspecified atom stereocenters. The Balaban J connectivity index is 1.78. The summed E-state index contributed by atoms with van der Waals surface area (Å²) in [7, 11) is 6.22. The van der Waals surface area contributed by atoms with Crippen molar-refractivity contribution < 1.29 is 0 Å². The smallest absolute Gasteiger partial charge is 0.138 e. The summed E-state index contributed by atoms with van der Waals surface area (Å²) in [6, 6.07) is 4.59. The van der Waals surface area contributed by atoms with Gasteiger partial charge in [0.05, 0.1) is 23.5 Å². The van der Waals surface area contributed by atoms with Crippen molar-refractivity contribution >= 4 is 11.9 Å². The molecule has 0 aliphatic carbocycles. The van der Waals surface area contributed by atoms with Gasteiger partial charge in [-0.1, -0.05) is 19.2 Å². The number of hydrogen-bond acceptors (Lipinski definition) is 5. The molecule has 0 aromatic carbocycles. The Kier molecular flexibility index (Phi) is 6.87. The first-order chi connectivity index (χ1) is 13.9. The average molecular weight is 395 g/mol. The lowest BCUT2D eigenvalue weighted by Gasteiger charge is -2.30. The van der Waals surface area contributed by atoms with Crippen LogP contribution in [0.1, 0.15) is 54.1 Å². The quantitative estimate of drug-likeness (QED) is 0.740. The Morgan fingerprint density at radius 3 is 2.72 bits per heavy atom. The van der Waals surface area contributed by atoms with Gasteiger partial charge in [-0.25, -0.2) is 4.98 Å². The van der Waals surface area contributed by atoms with Gasteiger partial charge in [-0.2, -0.15) is 0 Å². The zero-order valence-electron chi connectivity index (χ0n) is 18.2. The summed E-state index contributed by atoms with van der Waals surface area (Å²) in [5, 5.41) is 3.78. The number of rotatable bonds is 8.